The molecule has 0 bridgehead atoms. The molecular weight excluding hydrogens is 178 g/mol. The van der Waals surface area contributed by atoms with Crippen LogP contribution in [0.15, 0.2) is 29.0 Å². The van der Waals surface area contributed by atoms with E-state index >= 15 is 0 Å². The molecule has 0 spiro atoms. The van der Waals surface area contributed by atoms with Gasteiger partial charge >= 0.3 is 0 Å². The minimum Gasteiger partial charge on any atom is -0.367 e. The SMILES string of the molecule is CCc1c(-c2ccncc2)noc1N. The summed E-state index contributed by atoms with van der Waals surface area (Å²) in [6.45, 7) is 2.02. The molecule has 0 radical (unpaired) electrons. The Morgan fingerprint density at radius 1 is 1.36 bits per heavy atom. The summed E-state index contributed by atoms with van der Waals surface area (Å²) in [6.07, 6.45) is 4.26. The van der Waals surface area contributed by atoms with E-state index in [0.717, 1.165) is 23.2 Å². The van der Waals surface area contributed by atoms with Crippen LogP contribution >= 0.6 is 0 Å². The highest BCUT2D eigenvalue weighted by Gasteiger charge is 2.12. The van der Waals surface area contributed by atoms with E-state index in [1.807, 2.05) is 19.1 Å². The van der Waals surface area contributed by atoms with Gasteiger partial charge in [-0.05, 0) is 18.6 Å². The predicted octanol–water partition coefficient (Wildman–Crippen LogP) is 1.88. The molecule has 2 heterocycles. The van der Waals surface area contributed by atoms with E-state index in [9.17, 15) is 0 Å². The molecule has 2 aromatic heterocycles. The number of nitrogen functional groups attached to an aromatic ring is 1. The number of hydrogen-bond acceptors (Lipinski definition) is 4. The second-order valence-corrected chi connectivity index (χ2v) is 2.96. The van der Waals surface area contributed by atoms with Gasteiger partial charge in [0.1, 0.15) is 5.69 Å². The van der Waals surface area contributed by atoms with Crippen molar-refractivity contribution >= 4 is 5.88 Å². The van der Waals surface area contributed by atoms with Crippen LogP contribution in [0.2, 0.25) is 0 Å². The molecule has 0 amide bonds. The maximum absolute atomic E-state index is 5.64. The predicted molar refractivity (Wildman–Crippen MR) is 53.5 cm³/mol. The van der Waals surface area contributed by atoms with Crippen molar-refractivity contribution in [1.82, 2.24) is 10.1 Å². The number of hydrogen-bond donors (Lipinski definition) is 1. The van der Waals surface area contributed by atoms with Gasteiger partial charge < -0.3 is 10.3 Å². The van der Waals surface area contributed by atoms with E-state index in [2.05, 4.69) is 10.1 Å². The summed E-state index contributed by atoms with van der Waals surface area (Å²) in [5.41, 5.74) is 8.40. The fourth-order valence-electron chi connectivity index (χ4n) is 1.40. The molecule has 0 fully saturated rings. The first kappa shape index (κ1) is 8.74. The minimum atomic E-state index is 0.402. The van der Waals surface area contributed by atoms with E-state index in [0.29, 0.717) is 5.88 Å². The Labute approximate surface area is 81.7 Å². The van der Waals surface area contributed by atoms with Crippen molar-refractivity contribution in [2.75, 3.05) is 5.73 Å². The molecule has 0 aliphatic heterocycles. The van der Waals surface area contributed by atoms with E-state index in [4.69, 9.17) is 10.3 Å². The van der Waals surface area contributed by atoms with Gasteiger partial charge in [-0.2, -0.15) is 0 Å². The lowest BCUT2D eigenvalue weighted by Gasteiger charge is -1.97. The second-order valence-electron chi connectivity index (χ2n) is 2.96. The van der Waals surface area contributed by atoms with Gasteiger partial charge in [-0.3, -0.25) is 4.98 Å². The summed E-state index contributed by atoms with van der Waals surface area (Å²) in [5, 5.41) is 3.93. The van der Waals surface area contributed by atoms with E-state index in [1.165, 1.54) is 0 Å². The summed E-state index contributed by atoms with van der Waals surface area (Å²) < 4.78 is 4.95. The molecule has 14 heavy (non-hydrogen) atoms. The maximum Gasteiger partial charge on any atom is 0.225 e. The molecule has 0 saturated carbocycles. The highest BCUT2D eigenvalue weighted by Crippen LogP contribution is 2.26. The van der Waals surface area contributed by atoms with Crippen LogP contribution in [0.1, 0.15) is 12.5 Å². The van der Waals surface area contributed by atoms with E-state index in [1.54, 1.807) is 12.4 Å². The molecule has 0 aromatic carbocycles. The van der Waals surface area contributed by atoms with Crippen LogP contribution in [0, 0.1) is 0 Å². The van der Waals surface area contributed by atoms with Crippen LogP contribution in [0.3, 0.4) is 0 Å². The third kappa shape index (κ3) is 1.35. The number of aromatic nitrogens is 2. The topological polar surface area (TPSA) is 64.9 Å². The van der Waals surface area contributed by atoms with Crippen LogP contribution in [0.5, 0.6) is 0 Å². The van der Waals surface area contributed by atoms with Gasteiger partial charge in [-0.25, -0.2) is 0 Å². The van der Waals surface area contributed by atoms with Gasteiger partial charge in [0.05, 0.1) is 0 Å². The van der Waals surface area contributed by atoms with Crippen molar-refractivity contribution in [2.45, 2.75) is 13.3 Å². The van der Waals surface area contributed by atoms with Crippen LogP contribution < -0.4 is 5.73 Å². The smallest absolute Gasteiger partial charge is 0.225 e. The number of nitrogens with two attached hydrogens (primary N) is 1. The third-order valence-electron chi connectivity index (χ3n) is 2.13. The maximum atomic E-state index is 5.64. The average molecular weight is 189 g/mol. The molecule has 72 valence electrons. The normalized spacial score (nSPS) is 10.4. The highest BCUT2D eigenvalue weighted by atomic mass is 16.5. The number of pyridine rings is 1. The van der Waals surface area contributed by atoms with Crippen molar-refractivity contribution in [1.29, 1.82) is 0 Å². The van der Waals surface area contributed by atoms with Gasteiger partial charge in [0.25, 0.3) is 0 Å². The molecule has 0 aliphatic carbocycles. The van der Waals surface area contributed by atoms with Crippen molar-refractivity contribution in [3.05, 3.63) is 30.1 Å². The van der Waals surface area contributed by atoms with Gasteiger partial charge in [0.15, 0.2) is 0 Å². The first-order valence-electron chi connectivity index (χ1n) is 4.47. The molecule has 2 rings (SSSR count). The summed E-state index contributed by atoms with van der Waals surface area (Å²) in [7, 11) is 0. The van der Waals surface area contributed by atoms with Gasteiger partial charge in [-0.15, -0.1) is 0 Å². The van der Waals surface area contributed by atoms with Crippen LogP contribution in [-0.4, -0.2) is 10.1 Å². The summed E-state index contributed by atoms with van der Waals surface area (Å²) in [4.78, 5) is 3.94. The molecule has 0 saturated heterocycles. The molecule has 2 N–H and O–H groups in total. The lowest BCUT2D eigenvalue weighted by atomic mass is 10.1. The van der Waals surface area contributed by atoms with Gasteiger partial charge in [0, 0.05) is 23.5 Å². The number of rotatable bonds is 2. The number of anilines is 1. The second kappa shape index (κ2) is 3.49. The quantitative estimate of drug-likeness (QED) is 0.783. The van der Waals surface area contributed by atoms with Crippen molar-refractivity contribution in [3.8, 4) is 11.3 Å². The van der Waals surface area contributed by atoms with Gasteiger partial charge in [-0.1, -0.05) is 12.1 Å². The lowest BCUT2D eigenvalue weighted by Crippen LogP contribution is -1.89. The largest absolute Gasteiger partial charge is 0.367 e. The fraction of sp³-hybridized carbons (Fsp3) is 0.200. The van der Waals surface area contributed by atoms with Gasteiger partial charge in [0.2, 0.25) is 5.88 Å². The zero-order chi connectivity index (χ0) is 9.97. The Balaban J connectivity index is 2.52. The lowest BCUT2D eigenvalue weighted by molar-refractivity contribution is 0.438. The summed E-state index contributed by atoms with van der Waals surface area (Å²) in [6, 6.07) is 3.77. The van der Waals surface area contributed by atoms with Crippen LogP contribution in [0.4, 0.5) is 5.88 Å². The average Bonchev–Trinajstić information content (AvgIpc) is 2.61. The minimum absolute atomic E-state index is 0.402. The van der Waals surface area contributed by atoms with E-state index < -0.39 is 0 Å². The Morgan fingerprint density at radius 3 is 2.71 bits per heavy atom. The zero-order valence-corrected chi connectivity index (χ0v) is 7.90. The van der Waals surface area contributed by atoms with Crippen LogP contribution in [0.25, 0.3) is 11.3 Å². The molecule has 0 unspecified atom stereocenters. The molecule has 0 atom stereocenters. The third-order valence-corrected chi connectivity index (χ3v) is 2.13. The monoisotopic (exact) mass is 189 g/mol. The number of nitrogens with zero attached hydrogens (tertiary/aromatic N) is 2. The standard InChI is InChI=1S/C10H11N3O/c1-2-8-9(13-14-10(8)11)7-3-5-12-6-4-7/h3-6H,2,11H2,1H3. The Hall–Kier alpha value is -1.84. The first-order valence-corrected chi connectivity index (χ1v) is 4.47. The Morgan fingerprint density at radius 2 is 2.07 bits per heavy atom. The van der Waals surface area contributed by atoms with Crippen molar-refractivity contribution < 1.29 is 4.52 Å². The summed E-state index contributed by atoms with van der Waals surface area (Å²) >= 11 is 0. The van der Waals surface area contributed by atoms with Crippen LogP contribution in [-0.2, 0) is 6.42 Å². The van der Waals surface area contributed by atoms with Crippen molar-refractivity contribution in [2.24, 2.45) is 0 Å². The summed E-state index contributed by atoms with van der Waals surface area (Å²) in [5.74, 6) is 0.402. The molecular formula is C10H11N3O. The Bertz CT molecular complexity index is 422. The highest BCUT2D eigenvalue weighted by molar-refractivity contribution is 5.66. The first-order chi connectivity index (χ1) is 6.83. The van der Waals surface area contributed by atoms with E-state index in [-0.39, 0.29) is 0 Å². The fourth-order valence-corrected chi connectivity index (χ4v) is 1.40. The molecule has 2 aromatic rings. The van der Waals surface area contributed by atoms with Crippen molar-refractivity contribution in [3.63, 3.8) is 0 Å². The molecule has 4 nitrogen and oxygen atoms in total. The molecule has 0 aliphatic rings. The molecule has 4 heteroatoms. The Kier molecular flexibility index (Phi) is 2.18. The zero-order valence-electron chi connectivity index (χ0n) is 7.90.